The van der Waals surface area contributed by atoms with Crippen molar-refractivity contribution in [1.29, 1.82) is 0 Å². The average Bonchev–Trinajstić information content (AvgIpc) is 3.67. The smallest absolute Gasteiger partial charge is 0.235 e. The predicted molar refractivity (Wildman–Crippen MR) is 208 cm³/mol. The van der Waals surface area contributed by atoms with Gasteiger partial charge in [-0.25, -0.2) is 9.97 Å². The molecule has 2 heterocycles. The number of hydrogen-bond donors (Lipinski definition) is 0. The van der Waals surface area contributed by atoms with Crippen molar-refractivity contribution in [3.05, 3.63) is 151 Å². The van der Waals surface area contributed by atoms with Crippen LogP contribution in [0.25, 0.3) is 72.2 Å². The third kappa shape index (κ3) is 3.79. The third-order valence-electron chi connectivity index (χ3n) is 13.4. The molecule has 4 saturated carbocycles. The van der Waals surface area contributed by atoms with Crippen molar-refractivity contribution in [1.82, 2.24) is 14.5 Å². The Morgan fingerprint density at radius 3 is 1.96 bits per heavy atom. The zero-order chi connectivity index (χ0) is 33.3. The molecule has 0 amide bonds. The van der Waals surface area contributed by atoms with Crippen LogP contribution in [0.1, 0.15) is 43.2 Å². The van der Waals surface area contributed by atoms with Gasteiger partial charge in [0.15, 0.2) is 0 Å². The average molecular weight is 656 g/mol. The number of nitrogens with zero attached hydrogens (tertiary/aromatic N) is 3. The fraction of sp³-hybridized carbons (Fsp3) is 0.208. The Bertz CT molecular complexity index is 2690. The second-order valence-corrected chi connectivity index (χ2v) is 15.8. The molecule has 0 saturated heterocycles. The normalized spacial score (nSPS) is 24.2. The largest absolute Gasteiger partial charge is 0.278 e. The van der Waals surface area contributed by atoms with Crippen LogP contribution in [-0.4, -0.2) is 14.5 Å². The van der Waals surface area contributed by atoms with E-state index in [-0.39, 0.29) is 5.41 Å². The van der Waals surface area contributed by atoms with Crippen molar-refractivity contribution < 1.29 is 0 Å². The molecule has 0 aliphatic heterocycles. The minimum absolute atomic E-state index is 0.202. The van der Waals surface area contributed by atoms with E-state index in [0.717, 1.165) is 56.9 Å². The molecule has 8 aromatic rings. The topological polar surface area (TPSA) is 30.7 Å². The highest BCUT2D eigenvalue weighted by atomic mass is 15.2. The molecule has 13 rings (SSSR count). The Morgan fingerprint density at radius 1 is 0.471 bits per heavy atom. The summed E-state index contributed by atoms with van der Waals surface area (Å²) in [6, 6.07) is 51.4. The standard InChI is InChI=1S/C48H37N3/c1-2-10-31(11-3-1)46-38-14-5-8-16-43(38)49-47(50-46)51-44-17-9-6-13-37(44)40-28-33(19-21-45(40)51)32-18-20-42-39(27-32)36-12-4-7-15-41(36)48(42)34-23-29-22-30(25-34)26-35(48)24-29/h1-21,27-30,34-35H,22-26H2. The molecule has 5 aliphatic rings. The first-order valence-corrected chi connectivity index (χ1v) is 18.8. The maximum Gasteiger partial charge on any atom is 0.235 e. The van der Waals surface area contributed by atoms with Crippen LogP contribution >= 0.6 is 0 Å². The van der Waals surface area contributed by atoms with Crippen molar-refractivity contribution in [2.75, 3.05) is 0 Å². The van der Waals surface area contributed by atoms with Crippen molar-refractivity contribution in [3.63, 3.8) is 0 Å². The van der Waals surface area contributed by atoms with E-state index in [1.807, 2.05) is 0 Å². The quantitative estimate of drug-likeness (QED) is 0.190. The van der Waals surface area contributed by atoms with Gasteiger partial charge in [0.1, 0.15) is 0 Å². The van der Waals surface area contributed by atoms with Crippen LogP contribution in [-0.2, 0) is 5.41 Å². The van der Waals surface area contributed by atoms with Gasteiger partial charge in [-0.05, 0) is 119 Å². The molecule has 5 aliphatic carbocycles. The Morgan fingerprint density at radius 2 is 1.12 bits per heavy atom. The monoisotopic (exact) mass is 655 g/mol. The van der Waals surface area contributed by atoms with Crippen LogP contribution in [0.2, 0.25) is 0 Å². The highest BCUT2D eigenvalue weighted by Gasteiger charge is 2.61. The van der Waals surface area contributed by atoms with Gasteiger partial charge >= 0.3 is 0 Å². The molecule has 6 aromatic carbocycles. The predicted octanol–water partition coefficient (Wildman–Crippen LogP) is 11.8. The minimum Gasteiger partial charge on any atom is -0.278 e. The summed E-state index contributed by atoms with van der Waals surface area (Å²) in [5, 5.41) is 3.50. The Kier molecular flexibility index (Phi) is 5.67. The molecular weight excluding hydrogens is 619 g/mol. The first-order valence-electron chi connectivity index (χ1n) is 18.8. The van der Waals surface area contributed by atoms with Gasteiger partial charge in [0.05, 0.1) is 22.2 Å². The van der Waals surface area contributed by atoms with E-state index in [0.29, 0.717) is 5.95 Å². The SMILES string of the molecule is c1ccc(-c2nc(-n3c4ccccc4c4cc(-c5ccc6c(c5)-c5ccccc5C65C6CC7CC(C6)CC5C7)ccc43)nc3ccccc23)cc1. The number of rotatable bonds is 3. The molecule has 0 N–H and O–H groups in total. The Balaban J connectivity index is 1.03. The molecular formula is C48H37N3. The van der Waals surface area contributed by atoms with Crippen LogP contribution < -0.4 is 0 Å². The molecule has 0 unspecified atom stereocenters. The summed E-state index contributed by atoms with van der Waals surface area (Å²) in [7, 11) is 0. The second kappa shape index (κ2) is 10.3. The summed E-state index contributed by atoms with van der Waals surface area (Å²) in [4.78, 5) is 10.4. The molecule has 2 aromatic heterocycles. The highest BCUT2D eigenvalue weighted by Crippen LogP contribution is 2.69. The van der Waals surface area contributed by atoms with E-state index in [4.69, 9.17) is 9.97 Å². The zero-order valence-corrected chi connectivity index (χ0v) is 28.5. The maximum absolute atomic E-state index is 5.28. The van der Waals surface area contributed by atoms with E-state index < -0.39 is 0 Å². The highest BCUT2D eigenvalue weighted by molar-refractivity contribution is 6.10. The van der Waals surface area contributed by atoms with Crippen LogP contribution in [0.15, 0.2) is 140 Å². The number of aromatic nitrogens is 3. The fourth-order valence-electron chi connectivity index (χ4n) is 11.7. The number of hydrogen-bond acceptors (Lipinski definition) is 2. The zero-order valence-electron chi connectivity index (χ0n) is 28.5. The summed E-state index contributed by atoms with van der Waals surface area (Å²) in [5.41, 5.74) is 14.1. The van der Waals surface area contributed by atoms with Crippen LogP contribution in [0.3, 0.4) is 0 Å². The maximum atomic E-state index is 5.28. The fourth-order valence-corrected chi connectivity index (χ4v) is 11.7. The minimum atomic E-state index is 0.202. The van der Waals surface area contributed by atoms with E-state index in [1.165, 1.54) is 65.1 Å². The van der Waals surface area contributed by atoms with Gasteiger partial charge in [-0.15, -0.1) is 0 Å². The van der Waals surface area contributed by atoms with Gasteiger partial charge in [-0.3, -0.25) is 4.57 Å². The summed E-state index contributed by atoms with van der Waals surface area (Å²) in [6.07, 6.45) is 7.14. The van der Waals surface area contributed by atoms with Crippen LogP contribution in [0.4, 0.5) is 0 Å². The summed E-state index contributed by atoms with van der Waals surface area (Å²) < 4.78 is 2.25. The number of fused-ring (bicyclic) bond motifs is 7. The number of benzene rings is 6. The first kappa shape index (κ1) is 28.2. The van der Waals surface area contributed by atoms with Gasteiger partial charge < -0.3 is 0 Å². The summed E-state index contributed by atoms with van der Waals surface area (Å²) in [6.45, 7) is 0. The second-order valence-electron chi connectivity index (χ2n) is 15.8. The molecule has 3 nitrogen and oxygen atoms in total. The van der Waals surface area contributed by atoms with E-state index in [2.05, 4.69) is 144 Å². The van der Waals surface area contributed by atoms with Crippen LogP contribution in [0.5, 0.6) is 0 Å². The Labute approximate surface area is 297 Å². The molecule has 244 valence electrons. The third-order valence-corrected chi connectivity index (χ3v) is 13.4. The summed E-state index contributed by atoms with van der Waals surface area (Å²) >= 11 is 0. The summed E-state index contributed by atoms with van der Waals surface area (Å²) in [5.74, 6) is 4.16. The van der Waals surface area contributed by atoms with E-state index in [9.17, 15) is 0 Å². The van der Waals surface area contributed by atoms with E-state index >= 15 is 0 Å². The molecule has 3 heteroatoms. The van der Waals surface area contributed by atoms with Crippen molar-refractivity contribution in [2.45, 2.75) is 37.5 Å². The van der Waals surface area contributed by atoms with Gasteiger partial charge in [-0.1, -0.05) is 109 Å². The van der Waals surface area contributed by atoms with Gasteiger partial charge in [-0.2, -0.15) is 0 Å². The van der Waals surface area contributed by atoms with Crippen molar-refractivity contribution in [3.8, 4) is 39.5 Å². The molecule has 51 heavy (non-hydrogen) atoms. The molecule has 4 fully saturated rings. The molecule has 4 bridgehead atoms. The van der Waals surface area contributed by atoms with Gasteiger partial charge in [0, 0.05) is 27.1 Å². The molecule has 1 spiro atoms. The van der Waals surface area contributed by atoms with Crippen molar-refractivity contribution in [2.24, 2.45) is 23.7 Å². The van der Waals surface area contributed by atoms with Crippen LogP contribution in [0, 0.1) is 23.7 Å². The van der Waals surface area contributed by atoms with E-state index in [1.54, 1.807) is 11.1 Å². The lowest BCUT2D eigenvalue weighted by Crippen LogP contribution is -2.55. The number of para-hydroxylation sites is 2. The molecule has 0 atom stereocenters. The first-order chi connectivity index (χ1) is 25.2. The lowest BCUT2D eigenvalue weighted by atomic mass is 9.43. The van der Waals surface area contributed by atoms with Gasteiger partial charge in [0.25, 0.3) is 0 Å². The molecule has 0 radical (unpaired) electrons. The van der Waals surface area contributed by atoms with Gasteiger partial charge in [0.2, 0.25) is 5.95 Å². The Hall–Kier alpha value is -5.54. The van der Waals surface area contributed by atoms with Crippen molar-refractivity contribution >= 4 is 32.7 Å². The lowest BCUT2D eigenvalue weighted by Gasteiger charge is -2.61. The lowest BCUT2D eigenvalue weighted by molar-refractivity contribution is -0.0399.